The highest BCUT2D eigenvalue weighted by Gasteiger charge is 2.11. The number of rotatable bonds is 6. The lowest BCUT2D eigenvalue weighted by Gasteiger charge is -2.14. The van der Waals surface area contributed by atoms with Gasteiger partial charge in [0.15, 0.2) is 0 Å². The Balaban J connectivity index is 3.57. The molecule has 0 aromatic rings. The molecule has 13 heavy (non-hydrogen) atoms. The highest BCUT2D eigenvalue weighted by atomic mass is 35.5. The molecule has 0 aliphatic rings. The topological polar surface area (TPSA) is 38.3 Å². The maximum absolute atomic E-state index is 11.2. The van der Waals surface area contributed by atoms with E-state index in [9.17, 15) is 4.79 Å². The quantitative estimate of drug-likeness (QED) is 0.669. The lowest BCUT2D eigenvalue weighted by atomic mass is 10.2. The summed E-state index contributed by atoms with van der Waals surface area (Å²) in [6.45, 7) is 6.87. The summed E-state index contributed by atoms with van der Waals surface area (Å²) in [4.78, 5) is 11.2. The van der Waals surface area contributed by atoms with Crippen LogP contribution in [0.2, 0.25) is 0 Å². The van der Waals surface area contributed by atoms with E-state index < -0.39 is 0 Å². The Labute approximate surface area is 84.8 Å². The fourth-order valence-electron chi connectivity index (χ4n) is 0.832. The molecular formula is C9H18ClNO2. The first kappa shape index (κ1) is 12.7. The molecule has 78 valence electrons. The molecule has 0 radical (unpaired) electrons. The number of hydrogen-bond donors (Lipinski definition) is 1. The van der Waals surface area contributed by atoms with Crippen LogP contribution in [0.3, 0.4) is 0 Å². The van der Waals surface area contributed by atoms with Crippen LogP contribution < -0.4 is 5.32 Å². The fourth-order valence-corrected chi connectivity index (χ4v) is 0.972. The maximum atomic E-state index is 11.2. The standard InChI is InChI=1S/C9H18ClNO2/c1-4-13-8(3)6-11-9(12)7(2)5-10/h7-8H,4-6H2,1-3H3,(H,11,12). The van der Waals surface area contributed by atoms with Gasteiger partial charge in [0.1, 0.15) is 0 Å². The van der Waals surface area contributed by atoms with E-state index >= 15 is 0 Å². The van der Waals surface area contributed by atoms with Crippen LogP contribution in [-0.4, -0.2) is 31.0 Å². The number of hydrogen-bond acceptors (Lipinski definition) is 2. The Morgan fingerprint density at radius 1 is 1.54 bits per heavy atom. The van der Waals surface area contributed by atoms with Crippen LogP contribution in [0.25, 0.3) is 0 Å². The molecule has 2 atom stereocenters. The van der Waals surface area contributed by atoms with Gasteiger partial charge in [-0.3, -0.25) is 4.79 Å². The van der Waals surface area contributed by atoms with Crippen molar-refractivity contribution in [2.24, 2.45) is 5.92 Å². The molecule has 0 spiro atoms. The molecular weight excluding hydrogens is 190 g/mol. The van der Waals surface area contributed by atoms with E-state index in [0.29, 0.717) is 19.0 Å². The second-order valence-corrected chi connectivity index (χ2v) is 3.38. The smallest absolute Gasteiger partial charge is 0.224 e. The highest BCUT2D eigenvalue weighted by Crippen LogP contribution is 1.97. The molecule has 0 saturated carbocycles. The van der Waals surface area contributed by atoms with E-state index in [-0.39, 0.29) is 17.9 Å². The Bertz CT molecular complexity index is 153. The fraction of sp³-hybridized carbons (Fsp3) is 0.889. The SMILES string of the molecule is CCOC(C)CNC(=O)C(C)CCl. The first-order valence-corrected chi connectivity index (χ1v) is 5.10. The van der Waals surface area contributed by atoms with Gasteiger partial charge in [-0.1, -0.05) is 6.92 Å². The first-order valence-electron chi connectivity index (χ1n) is 4.57. The van der Waals surface area contributed by atoms with Gasteiger partial charge in [-0.15, -0.1) is 11.6 Å². The van der Waals surface area contributed by atoms with Crippen molar-refractivity contribution in [3.8, 4) is 0 Å². The van der Waals surface area contributed by atoms with Gasteiger partial charge in [-0.2, -0.15) is 0 Å². The summed E-state index contributed by atoms with van der Waals surface area (Å²) in [6.07, 6.45) is 0.0662. The van der Waals surface area contributed by atoms with E-state index in [1.165, 1.54) is 0 Å². The molecule has 0 aromatic carbocycles. The van der Waals surface area contributed by atoms with Gasteiger partial charge in [0.2, 0.25) is 5.91 Å². The van der Waals surface area contributed by atoms with Gasteiger partial charge in [0.05, 0.1) is 6.10 Å². The van der Waals surface area contributed by atoms with Crippen molar-refractivity contribution in [2.75, 3.05) is 19.0 Å². The van der Waals surface area contributed by atoms with Crippen LogP contribution >= 0.6 is 11.6 Å². The summed E-state index contributed by atoms with van der Waals surface area (Å²) in [5.74, 6) is 0.214. The van der Waals surface area contributed by atoms with Gasteiger partial charge < -0.3 is 10.1 Å². The molecule has 4 heteroatoms. The Morgan fingerprint density at radius 3 is 2.62 bits per heavy atom. The predicted octanol–water partition coefficient (Wildman–Crippen LogP) is 1.40. The molecule has 0 heterocycles. The van der Waals surface area contributed by atoms with Crippen LogP contribution in [0, 0.1) is 5.92 Å². The summed E-state index contributed by atoms with van der Waals surface area (Å²) in [5, 5.41) is 2.77. The van der Waals surface area contributed by atoms with Gasteiger partial charge in [0.25, 0.3) is 0 Å². The molecule has 0 aliphatic heterocycles. The van der Waals surface area contributed by atoms with Gasteiger partial charge in [-0.05, 0) is 13.8 Å². The number of nitrogens with one attached hydrogen (secondary N) is 1. The monoisotopic (exact) mass is 207 g/mol. The molecule has 0 fully saturated rings. The Kier molecular flexibility index (Phi) is 7.00. The minimum absolute atomic E-state index is 0.0125. The summed E-state index contributed by atoms with van der Waals surface area (Å²) in [5.41, 5.74) is 0. The minimum Gasteiger partial charge on any atom is -0.377 e. The maximum Gasteiger partial charge on any atom is 0.224 e. The number of amides is 1. The third kappa shape index (κ3) is 5.88. The van der Waals surface area contributed by atoms with Crippen LogP contribution in [0.4, 0.5) is 0 Å². The predicted molar refractivity (Wildman–Crippen MR) is 54.0 cm³/mol. The molecule has 1 N–H and O–H groups in total. The lowest BCUT2D eigenvalue weighted by Crippen LogP contribution is -2.36. The van der Waals surface area contributed by atoms with E-state index in [2.05, 4.69) is 5.32 Å². The van der Waals surface area contributed by atoms with Crippen molar-refractivity contribution < 1.29 is 9.53 Å². The zero-order valence-corrected chi connectivity index (χ0v) is 9.23. The number of alkyl halides is 1. The summed E-state index contributed by atoms with van der Waals surface area (Å²) in [7, 11) is 0. The number of carbonyl (C=O) groups excluding carboxylic acids is 1. The van der Waals surface area contributed by atoms with Crippen molar-refractivity contribution >= 4 is 17.5 Å². The molecule has 0 aromatic heterocycles. The average molecular weight is 208 g/mol. The normalized spacial score (nSPS) is 15.1. The van der Waals surface area contributed by atoms with E-state index in [1.807, 2.05) is 13.8 Å². The average Bonchev–Trinajstić information content (AvgIpc) is 2.13. The minimum atomic E-state index is -0.129. The molecule has 0 aliphatic carbocycles. The van der Waals surface area contributed by atoms with Crippen molar-refractivity contribution in [2.45, 2.75) is 26.9 Å². The third-order valence-corrected chi connectivity index (χ3v) is 2.16. The van der Waals surface area contributed by atoms with Crippen molar-refractivity contribution in [3.63, 3.8) is 0 Å². The van der Waals surface area contributed by atoms with E-state index in [4.69, 9.17) is 16.3 Å². The van der Waals surface area contributed by atoms with E-state index in [0.717, 1.165) is 0 Å². The van der Waals surface area contributed by atoms with Crippen molar-refractivity contribution in [1.82, 2.24) is 5.32 Å². The number of halogens is 1. The van der Waals surface area contributed by atoms with Crippen LogP contribution in [0.15, 0.2) is 0 Å². The summed E-state index contributed by atoms with van der Waals surface area (Å²) >= 11 is 5.53. The largest absolute Gasteiger partial charge is 0.377 e. The van der Waals surface area contributed by atoms with Crippen LogP contribution in [-0.2, 0) is 9.53 Å². The summed E-state index contributed by atoms with van der Waals surface area (Å²) < 4.78 is 5.26. The zero-order chi connectivity index (χ0) is 10.3. The molecule has 3 nitrogen and oxygen atoms in total. The third-order valence-electron chi connectivity index (χ3n) is 1.69. The second kappa shape index (κ2) is 7.15. The second-order valence-electron chi connectivity index (χ2n) is 3.07. The zero-order valence-electron chi connectivity index (χ0n) is 8.47. The Morgan fingerprint density at radius 2 is 2.15 bits per heavy atom. The van der Waals surface area contributed by atoms with Crippen molar-refractivity contribution in [3.05, 3.63) is 0 Å². The van der Waals surface area contributed by atoms with Crippen LogP contribution in [0.1, 0.15) is 20.8 Å². The molecule has 0 bridgehead atoms. The summed E-state index contributed by atoms with van der Waals surface area (Å²) in [6, 6.07) is 0. The lowest BCUT2D eigenvalue weighted by molar-refractivity contribution is -0.124. The van der Waals surface area contributed by atoms with Crippen LogP contribution in [0.5, 0.6) is 0 Å². The molecule has 0 rings (SSSR count). The number of ether oxygens (including phenoxy) is 1. The molecule has 1 amide bonds. The molecule has 2 unspecified atom stereocenters. The first-order chi connectivity index (χ1) is 6.11. The van der Waals surface area contributed by atoms with Gasteiger partial charge >= 0.3 is 0 Å². The Hall–Kier alpha value is -0.280. The number of carbonyl (C=O) groups is 1. The highest BCUT2D eigenvalue weighted by molar-refractivity contribution is 6.19. The van der Waals surface area contributed by atoms with Gasteiger partial charge in [-0.25, -0.2) is 0 Å². The molecule has 0 saturated heterocycles. The van der Waals surface area contributed by atoms with Crippen molar-refractivity contribution in [1.29, 1.82) is 0 Å². The van der Waals surface area contributed by atoms with Gasteiger partial charge in [0, 0.05) is 24.9 Å². The van der Waals surface area contributed by atoms with E-state index in [1.54, 1.807) is 6.92 Å².